The van der Waals surface area contributed by atoms with Crippen LogP contribution in [0.25, 0.3) is 0 Å². The van der Waals surface area contributed by atoms with Crippen LogP contribution in [0.3, 0.4) is 0 Å². The van der Waals surface area contributed by atoms with Crippen molar-refractivity contribution >= 4 is 11.6 Å². The molecule has 1 aromatic rings. The summed E-state index contributed by atoms with van der Waals surface area (Å²) in [4.78, 5) is 17.5. The Hall–Kier alpha value is -1.55. The average Bonchev–Trinajstić information content (AvgIpc) is 2.72. The molecule has 23 heavy (non-hydrogen) atoms. The highest BCUT2D eigenvalue weighted by molar-refractivity contribution is 5.80. The quantitative estimate of drug-likeness (QED) is 0.912. The summed E-state index contributed by atoms with van der Waals surface area (Å²) in [5.74, 6) is 0.372. The molecule has 1 aromatic carbocycles. The molecule has 1 fully saturated rings. The van der Waals surface area contributed by atoms with Crippen LogP contribution in [0.4, 0.5) is 5.69 Å². The van der Waals surface area contributed by atoms with Gasteiger partial charge in [-0.1, -0.05) is 25.1 Å². The van der Waals surface area contributed by atoms with E-state index in [0.717, 1.165) is 38.6 Å². The van der Waals surface area contributed by atoms with E-state index in [1.807, 2.05) is 0 Å². The number of rotatable bonds is 2. The highest BCUT2D eigenvalue weighted by Crippen LogP contribution is 2.31. The lowest BCUT2D eigenvalue weighted by molar-refractivity contribution is -0.140. The van der Waals surface area contributed by atoms with Crippen molar-refractivity contribution in [3.05, 3.63) is 29.8 Å². The van der Waals surface area contributed by atoms with Gasteiger partial charge in [0.1, 0.15) is 0 Å². The molecule has 1 aliphatic carbocycles. The van der Waals surface area contributed by atoms with E-state index < -0.39 is 0 Å². The molecule has 4 nitrogen and oxygen atoms in total. The summed E-state index contributed by atoms with van der Waals surface area (Å²) in [5.41, 5.74) is 2.47. The van der Waals surface area contributed by atoms with E-state index in [2.05, 4.69) is 48.0 Å². The minimum absolute atomic E-state index is 0.0861. The number of aliphatic hydroxyl groups excluding tert-OH is 1. The molecule has 1 amide bonds. The molecule has 2 aliphatic rings. The first-order chi connectivity index (χ1) is 11.1. The number of nitrogens with zero attached hydrogens (tertiary/aromatic N) is 2. The van der Waals surface area contributed by atoms with Crippen molar-refractivity contribution < 1.29 is 9.90 Å². The summed E-state index contributed by atoms with van der Waals surface area (Å²) < 4.78 is 0. The molecule has 1 saturated carbocycles. The van der Waals surface area contributed by atoms with Crippen molar-refractivity contribution in [2.45, 2.75) is 57.7 Å². The predicted octanol–water partition coefficient (Wildman–Crippen LogP) is 2.79. The van der Waals surface area contributed by atoms with Crippen LogP contribution in [0.15, 0.2) is 24.3 Å². The molecule has 1 aliphatic heterocycles. The van der Waals surface area contributed by atoms with Crippen LogP contribution in [0.1, 0.15) is 44.6 Å². The zero-order valence-corrected chi connectivity index (χ0v) is 14.2. The Morgan fingerprint density at radius 3 is 2.61 bits per heavy atom. The molecule has 3 rings (SSSR count). The topological polar surface area (TPSA) is 43.8 Å². The van der Waals surface area contributed by atoms with Gasteiger partial charge in [0.2, 0.25) is 5.91 Å². The molecule has 126 valence electrons. The SMILES string of the molecule is CCC1CN(C)c2ccccc2CN1C(=O)C1CCC(O)CC1. The Bertz CT molecular complexity index is 552. The van der Waals surface area contributed by atoms with Crippen molar-refractivity contribution in [3.8, 4) is 0 Å². The maximum atomic E-state index is 13.1. The third-order valence-electron chi connectivity index (χ3n) is 5.47. The second-order valence-corrected chi connectivity index (χ2v) is 7.04. The van der Waals surface area contributed by atoms with Gasteiger partial charge in [0.15, 0.2) is 0 Å². The fourth-order valence-electron chi connectivity index (χ4n) is 4.01. The minimum Gasteiger partial charge on any atom is -0.393 e. The number of fused-ring (bicyclic) bond motifs is 1. The minimum atomic E-state index is -0.211. The van der Waals surface area contributed by atoms with Gasteiger partial charge in [0, 0.05) is 37.8 Å². The van der Waals surface area contributed by atoms with Crippen molar-refractivity contribution in [2.24, 2.45) is 5.92 Å². The molecule has 1 N–H and O–H groups in total. The van der Waals surface area contributed by atoms with Crippen LogP contribution < -0.4 is 4.90 Å². The predicted molar refractivity (Wildman–Crippen MR) is 92.3 cm³/mol. The zero-order valence-electron chi connectivity index (χ0n) is 14.2. The van der Waals surface area contributed by atoms with E-state index >= 15 is 0 Å². The third-order valence-corrected chi connectivity index (χ3v) is 5.47. The van der Waals surface area contributed by atoms with E-state index in [1.54, 1.807) is 0 Å². The smallest absolute Gasteiger partial charge is 0.226 e. The van der Waals surface area contributed by atoms with Gasteiger partial charge >= 0.3 is 0 Å². The molecule has 0 spiro atoms. The van der Waals surface area contributed by atoms with Crippen LogP contribution in [0.2, 0.25) is 0 Å². The molecule has 1 atom stereocenters. The summed E-state index contributed by atoms with van der Waals surface area (Å²) in [5, 5.41) is 9.70. The molecular formula is C19H28N2O2. The van der Waals surface area contributed by atoms with Crippen molar-refractivity contribution in [2.75, 3.05) is 18.5 Å². The maximum Gasteiger partial charge on any atom is 0.226 e. The first-order valence-corrected chi connectivity index (χ1v) is 8.87. The summed E-state index contributed by atoms with van der Waals surface area (Å²) >= 11 is 0. The Kier molecular flexibility index (Phi) is 4.90. The molecule has 1 unspecified atom stereocenters. The molecule has 0 saturated heterocycles. The number of benzene rings is 1. The first kappa shape index (κ1) is 16.3. The fraction of sp³-hybridized carbons (Fsp3) is 0.632. The number of carbonyl (C=O) groups excluding carboxylic acids is 1. The van der Waals surface area contributed by atoms with Gasteiger partial charge < -0.3 is 14.9 Å². The first-order valence-electron chi connectivity index (χ1n) is 8.87. The van der Waals surface area contributed by atoms with E-state index in [4.69, 9.17) is 0 Å². The number of aliphatic hydroxyl groups is 1. The summed E-state index contributed by atoms with van der Waals surface area (Å²) in [6.45, 7) is 3.75. The standard InChI is InChI=1S/C19H28N2O2/c1-3-16-13-20(2)18-7-5-4-6-15(18)12-21(16)19(23)14-8-10-17(22)11-9-14/h4-7,14,16-17,22H,3,8-13H2,1-2H3. The molecule has 0 aromatic heterocycles. The lowest BCUT2D eigenvalue weighted by atomic mass is 9.86. The van der Waals surface area contributed by atoms with Crippen molar-refractivity contribution in [1.82, 2.24) is 4.90 Å². The van der Waals surface area contributed by atoms with Gasteiger partial charge in [0.05, 0.1) is 6.10 Å². The van der Waals surface area contributed by atoms with Crippen molar-refractivity contribution in [1.29, 1.82) is 0 Å². The highest BCUT2D eigenvalue weighted by atomic mass is 16.3. The van der Waals surface area contributed by atoms with Crippen LogP contribution in [-0.4, -0.2) is 41.7 Å². The summed E-state index contributed by atoms with van der Waals surface area (Å²) in [6.07, 6.45) is 3.93. The molecule has 0 radical (unpaired) electrons. The molecular weight excluding hydrogens is 288 g/mol. The van der Waals surface area contributed by atoms with Crippen molar-refractivity contribution in [3.63, 3.8) is 0 Å². The molecule has 1 heterocycles. The van der Waals surface area contributed by atoms with Gasteiger partial charge in [-0.25, -0.2) is 0 Å². The number of hydrogen-bond acceptors (Lipinski definition) is 3. The lowest BCUT2D eigenvalue weighted by Crippen LogP contribution is -2.46. The highest BCUT2D eigenvalue weighted by Gasteiger charge is 2.34. The van der Waals surface area contributed by atoms with Crippen LogP contribution >= 0.6 is 0 Å². The third kappa shape index (κ3) is 3.37. The number of amides is 1. The number of carbonyl (C=O) groups is 1. The zero-order chi connectivity index (χ0) is 16.4. The summed E-state index contributed by atoms with van der Waals surface area (Å²) in [7, 11) is 2.12. The van der Waals surface area contributed by atoms with Crippen LogP contribution in [0.5, 0.6) is 0 Å². The molecule has 4 heteroatoms. The fourth-order valence-corrected chi connectivity index (χ4v) is 4.01. The van der Waals surface area contributed by atoms with Gasteiger partial charge in [-0.3, -0.25) is 4.79 Å². The van der Waals surface area contributed by atoms with E-state index in [9.17, 15) is 9.90 Å². The Labute approximate surface area is 139 Å². The average molecular weight is 316 g/mol. The number of likely N-dealkylation sites (N-methyl/N-ethyl adjacent to an activating group) is 1. The normalized spacial score (nSPS) is 28.2. The lowest BCUT2D eigenvalue weighted by Gasteiger charge is -2.35. The van der Waals surface area contributed by atoms with Gasteiger partial charge in [0.25, 0.3) is 0 Å². The van der Waals surface area contributed by atoms with Crippen LogP contribution in [-0.2, 0) is 11.3 Å². The largest absolute Gasteiger partial charge is 0.393 e. The molecule has 0 bridgehead atoms. The van der Waals surface area contributed by atoms with Crippen LogP contribution in [0, 0.1) is 5.92 Å². The van der Waals surface area contributed by atoms with Gasteiger partial charge in [-0.2, -0.15) is 0 Å². The second kappa shape index (κ2) is 6.91. The number of hydrogen-bond donors (Lipinski definition) is 1. The summed E-state index contributed by atoms with van der Waals surface area (Å²) in [6, 6.07) is 8.66. The van der Waals surface area contributed by atoms with Gasteiger partial charge in [-0.05, 0) is 43.7 Å². The number of anilines is 1. The maximum absolute atomic E-state index is 13.1. The Morgan fingerprint density at radius 1 is 1.22 bits per heavy atom. The Morgan fingerprint density at radius 2 is 1.91 bits per heavy atom. The van der Waals surface area contributed by atoms with E-state index in [-0.39, 0.29) is 24.0 Å². The van der Waals surface area contributed by atoms with Gasteiger partial charge in [-0.15, -0.1) is 0 Å². The number of para-hydroxylation sites is 1. The second-order valence-electron chi connectivity index (χ2n) is 7.04. The monoisotopic (exact) mass is 316 g/mol. The van der Waals surface area contributed by atoms with E-state index in [0.29, 0.717) is 6.54 Å². The Balaban J connectivity index is 1.83. The van der Waals surface area contributed by atoms with E-state index in [1.165, 1.54) is 11.3 Å².